The highest BCUT2D eigenvalue weighted by Crippen LogP contribution is 2.32. The summed E-state index contributed by atoms with van der Waals surface area (Å²) in [5.74, 6) is -0.197. The summed E-state index contributed by atoms with van der Waals surface area (Å²) in [6.07, 6.45) is 0.197. The van der Waals surface area contributed by atoms with Crippen molar-refractivity contribution in [2.45, 2.75) is 13.0 Å². The molecule has 9 heteroatoms. The Hall–Kier alpha value is -2.23. The summed E-state index contributed by atoms with van der Waals surface area (Å²) in [5, 5.41) is 7.64. The zero-order valence-corrected chi connectivity index (χ0v) is 18.4. The van der Waals surface area contributed by atoms with Gasteiger partial charge in [-0.1, -0.05) is 6.07 Å². The fourth-order valence-electron chi connectivity index (χ4n) is 2.49. The van der Waals surface area contributed by atoms with Gasteiger partial charge in [0.1, 0.15) is 16.3 Å². The quantitative estimate of drug-likeness (QED) is 0.510. The first kappa shape index (κ1) is 20.5. The number of hydrogen-bond acceptors (Lipinski definition) is 7. The van der Waals surface area contributed by atoms with E-state index in [2.05, 4.69) is 26.2 Å². The molecule has 1 amide bonds. The third kappa shape index (κ3) is 4.98. The summed E-state index contributed by atoms with van der Waals surface area (Å²) in [4.78, 5) is 29.7. The summed E-state index contributed by atoms with van der Waals surface area (Å²) in [7, 11) is 2.80. The first-order chi connectivity index (χ1) is 13.5. The molecule has 0 radical (unpaired) electrons. The first-order valence-corrected chi connectivity index (χ1v) is 10.8. The Morgan fingerprint density at radius 1 is 1.18 bits per heavy atom. The molecule has 0 bridgehead atoms. The van der Waals surface area contributed by atoms with E-state index in [0.29, 0.717) is 17.9 Å². The molecule has 0 fully saturated rings. The van der Waals surface area contributed by atoms with Crippen LogP contribution in [0.4, 0.5) is 0 Å². The number of esters is 1. The van der Waals surface area contributed by atoms with Crippen LogP contribution in [0.5, 0.6) is 5.75 Å². The molecule has 0 saturated heterocycles. The lowest BCUT2D eigenvalue weighted by molar-refractivity contribution is -0.120. The highest BCUT2D eigenvalue weighted by molar-refractivity contribution is 9.10. The van der Waals surface area contributed by atoms with Crippen LogP contribution in [0.25, 0.3) is 9.88 Å². The maximum atomic E-state index is 12.3. The van der Waals surface area contributed by atoms with Crippen molar-refractivity contribution in [3.63, 3.8) is 0 Å². The maximum absolute atomic E-state index is 12.3. The fourth-order valence-corrected chi connectivity index (χ4v) is 4.82. The molecule has 2 aromatic heterocycles. The molecule has 28 heavy (non-hydrogen) atoms. The van der Waals surface area contributed by atoms with Crippen molar-refractivity contribution in [3.8, 4) is 15.6 Å². The monoisotopic (exact) mass is 480 g/mol. The lowest BCUT2D eigenvalue weighted by Crippen LogP contribution is -2.24. The number of methoxy groups -OCH3 is 2. The molecular weight excluding hydrogens is 464 g/mol. The summed E-state index contributed by atoms with van der Waals surface area (Å²) < 4.78 is 11.0. The molecule has 3 aromatic rings. The number of carbonyl (C=O) groups is 2. The molecule has 0 aliphatic rings. The van der Waals surface area contributed by atoms with E-state index in [0.717, 1.165) is 25.6 Å². The maximum Gasteiger partial charge on any atom is 0.341 e. The smallest absolute Gasteiger partial charge is 0.341 e. The van der Waals surface area contributed by atoms with Crippen molar-refractivity contribution >= 4 is 50.5 Å². The minimum Gasteiger partial charge on any atom is -0.496 e. The van der Waals surface area contributed by atoms with E-state index in [-0.39, 0.29) is 12.3 Å². The second kappa shape index (κ2) is 9.31. The zero-order chi connectivity index (χ0) is 20.1. The van der Waals surface area contributed by atoms with E-state index in [1.165, 1.54) is 25.6 Å². The van der Waals surface area contributed by atoms with E-state index in [1.54, 1.807) is 29.5 Å². The Labute approximate surface area is 178 Å². The predicted molar refractivity (Wildman–Crippen MR) is 113 cm³/mol. The minimum atomic E-state index is -0.486. The summed E-state index contributed by atoms with van der Waals surface area (Å²) >= 11 is 6.55. The second-order valence-electron chi connectivity index (χ2n) is 5.75. The Morgan fingerprint density at radius 3 is 2.68 bits per heavy atom. The average molecular weight is 481 g/mol. The second-order valence-corrected chi connectivity index (χ2v) is 8.44. The minimum absolute atomic E-state index is 0.139. The molecule has 0 aliphatic heterocycles. The molecule has 146 valence electrons. The van der Waals surface area contributed by atoms with Gasteiger partial charge < -0.3 is 14.8 Å². The third-order valence-electron chi connectivity index (χ3n) is 3.83. The van der Waals surface area contributed by atoms with E-state index >= 15 is 0 Å². The van der Waals surface area contributed by atoms with Crippen LogP contribution in [-0.2, 0) is 22.5 Å². The van der Waals surface area contributed by atoms with Gasteiger partial charge in [0.25, 0.3) is 0 Å². The fraction of sp³-hybridized carbons (Fsp3) is 0.211. The van der Waals surface area contributed by atoms with Gasteiger partial charge in [-0.05, 0) is 39.7 Å². The van der Waals surface area contributed by atoms with Crippen molar-refractivity contribution in [2.24, 2.45) is 0 Å². The van der Waals surface area contributed by atoms with E-state index in [4.69, 9.17) is 9.47 Å². The molecule has 0 aliphatic carbocycles. The topological polar surface area (TPSA) is 77.5 Å². The number of ether oxygens (including phenoxy) is 2. The molecule has 3 rings (SSSR count). The number of aromatic nitrogens is 1. The summed E-state index contributed by atoms with van der Waals surface area (Å²) in [6, 6.07) is 7.14. The number of thiazole rings is 1. The SMILES string of the molecule is COC(=O)c1cc(CNC(=O)Cc2csc(-c3cc(Br)cs3)n2)ccc1OC. The largest absolute Gasteiger partial charge is 0.496 e. The van der Waals surface area contributed by atoms with Gasteiger partial charge in [0.2, 0.25) is 5.91 Å². The molecule has 0 unspecified atom stereocenters. The van der Waals surface area contributed by atoms with Gasteiger partial charge >= 0.3 is 5.97 Å². The number of carbonyl (C=O) groups excluding carboxylic acids is 2. The van der Waals surface area contributed by atoms with Gasteiger partial charge in [0.05, 0.1) is 31.2 Å². The Balaban J connectivity index is 1.60. The van der Waals surface area contributed by atoms with Crippen molar-refractivity contribution in [2.75, 3.05) is 14.2 Å². The number of thiophene rings is 1. The van der Waals surface area contributed by atoms with Crippen LogP contribution in [0, 0.1) is 0 Å². The number of hydrogen-bond donors (Lipinski definition) is 1. The summed E-state index contributed by atoms with van der Waals surface area (Å²) in [6.45, 7) is 0.293. The Bertz CT molecular complexity index is 999. The molecule has 0 spiro atoms. The predicted octanol–water partition coefficient (Wildman–Crippen LogP) is 4.29. The van der Waals surface area contributed by atoms with Crippen LogP contribution in [-0.4, -0.2) is 31.1 Å². The average Bonchev–Trinajstić information content (AvgIpc) is 3.34. The van der Waals surface area contributed by atoms with Crippen molar-refractivity contribution in [3.05, 3.63) is 56.3 Å². The van der Waals surface area contributed by atoms with Crippen LogP contribution in [0.2, 0.25) is 0 Å². The van der Waals surface area contributed by atoms with E-state index in [1.807, 2.05) is 16.8 Å². The lowest BCUT2D eigenvalue weighted by atomic mass is 10.1. The number of nitrogens with zero attached hydrogens (tertiary/aromatic N) is 1. The number of rotatable bonds is 7. The molecule has 0 atom stereocenters. The zero-order valence-electron chi connectivity index (χ0n) is 15.2. The first-order valence-electron chi connectivity index (χ1n) is 8.21. The Kier molecular flexibility index (Phi) is 6.82. The number of halogens is 1. The molecule has 6 nitrogen and oxygen atoms in total. The highest BCUT2D eigenvalue weighted by Gasteiger charge is 2.14. The summed E-state index contributed by atoms with van der Waals surface area (Å²) in [5.41, 5.74) is 1.83. The van der Waals surface area contributed by atoms with Crippen molar-refractivity contribution in [1.82, 2.24) is 10.3 Å². The van der Waals surface area contributed by atoms with Gasteiger partial charge in [-0.3, -0.25) is 4.79 Å². The van der Waals surface area contributed by atoms with Crippen LogP contribution in [0.15, 0.2) is 39.5 Å². The van der Waals surface area contributed by atoms with Crippen LogP contribution >= 0.6 is 38.6 Å². The molecule has 2 heterocycles. The van der Waals surface area contributed by atoms with E-state index < -0.39 is 5.97 Å². The van der Waals surface area contributed by atoms with Gasteiger partial charge in [-0.25, -0.2) is 9.78 Å². The highest BCUT2D eigenvalue weighted by atomic mass is 79.9. The Morgan fingerprint density at radius 2 is 2.00 bits per heavy atom. The van der Waals surface area contributed by atoms with Crippen LogP contribution in [0.3, 0.4) is 0 Å². The number of amides is 1. The lowest BCUT2D eigenvalue weighted by Gasteiger charge is -2.10. The van der Waals surface area contributed by atoms with Gasteiger partial charge in [-0.2, -0.15) is 0 Å². The van der Waals surface area contributed by atoms with Gasteiger partial charge in [-0.15, -0.1) is 22.7 Å². The van der Waals surface area contributed by atoms with E-state index in [9.17, 15) is 9.59 Å². The molecule has 1 N–H and O–H groups in total. The normalized spacial score (nSPS) is 10.5. The van der Waals surface area contributed by atoms with Crippen molar-refractivity contribution < 1.29 is 19.1 Å². The number of benzene rings is 1. The molecule has 0 saturated carbocycles. The molecular formula is C19H17BrN2O4S2. The van der Waals surface area contributed by atoms with Crippen molar-refractivity contribution in [1.29, 1.82) is 0 Å². The third-order valence-corrected chi connectivity index (χ3v) is 6.58. The standard InChI is InChI=1S/C19H17BrN2O4S2/c1-25-15-4-3-11(5-14(15)19(24)26-2)8-21-17(23)7-13-10-28-18(22-13)16-6-12(20)9-27-16/h3-6,9-10H,7-8H2,1-2H3,(H,21,23). The van der Waals surface area contributed by atoms with Crippen LogP contribution in [0.1, 0.15) is 21.6 Å². The van der Waals surface area contributed by atoms with Crippen LogP contribution < -0.4 is 10.1 Å². The number of nitrogens with one attached hydrogen (secondary N) is 1. The van der Waals surface area contributed by atoms with Gasteiger partial charge in [0.15, 0.2) is 0 Å². The molecule has 1 aromatic carbocycles. The van der Waals surface area contributed by atoms with Gasteiger partial charge in [0, 0.05) is 21.8 Å².